The first-order chi connectivity index (χ1) is 12.8. The molecule has 2 nitrogen and oxygen atoms in total. The second-order valence-electron chi connectivity index (χ2n) is 6.57. The Hall–Kier alpha value is 1.75. The summed E-state index contributed by atoms with van der Waals surface area (Å²) in [7, 11) is 7.40. The molecule has 2 atom stereocenters. The predicted octanol–water partition coefficient (Wildman–Crippen LogP) is 6.64. The number of rotatable bonds is 21. The van der Waals surface area contributed by atoms with Gasteiger partial charge < -0.3 is 8.85 Å². The third-order valence-electron chi connectivity index (χ3n) is 4.21. The van der Waals surface area contributed by atoms with Gasteiger partial charge in [0.2, 0.25) is 0 Å². The molecule has 26 heavy (non-hydrogen) atoms. The highest BCUT2D eigenvalue weighted by atomic mass is 33.7. The van der Waals surface area contributed by atoms with Crippen LogP contribution in [0.5, 0.6) is 0 Å². The molecule has 0 aromatic rings. The van der Waals surface area contributed by atoms with Gasteiger partial charge in [-0.15, -0.1) is 0 Å². The fraction of sp³-hybridized carbons (Fsp3) is 1.00. The van der Waals surface area contributed by atoms with Crippen LogP contribution in [0.15, 0.2) is 0 Å². The molecule has 0 amide bonds. The average molecular weight is 475 g/mol. The van der Waals surface area contributed by atoms with Crippen molar-refractivity contribution in [1.82, 2.24) is 0 Å². The van der Waals surface area contributed by atoms with Gasteiger partial charge in [-0.2, -0.15) is 0 Å². The highest BCUT2D eigenvalue weighted by Gasteiger charge is 2.05. The maximum Gasteiger partial charge on any atom is 0.162 e. The summed E-state index contributed by atoms with van der Waals surface area (Å²) in [6.07, 6.45) is 11.1. The molecule has 2 unspecified atom stereocenters. The van der Waals surface area contributed by atoms with Gasteiger partial charge in [0.1, 0.15) is 0 Å². The summed E-state index contributed by atoms with van der Waals surface area (Å²) in [5, 5.41) is 0. The Morgan fingerprint density at radius 3 is 1.46 bits per heavy atom. The summed E-state index contributed by atoms with van der Waals surface area (Å²) < 4.78 is 12.1. The molecule has 0 saturated carbocycles. The first-order valence-electron chi connectivity index (χ1n) is 10.6. The summed E-state index contributed by atoms with van der Waals surface area (Å²) in [5.41, 5.74) is 0. The number of hydrogen-bond donors (Lipinski definition) is 0. The van der Waals surface area contributed by atoms with E-state index in [1.54, 1.807) is 0 Å². The predicted molar refractivity (Wildman–Crippen MR) is 136 cm³/mol. The maximum absolute atomic E-state index is 6.07. The Morgan fingerprint density at radius 2 is 1.12 bits per heavy atom. The van der Waals surface area contributed by atoms with Crippen LogP contribution in [0.2, 0.25) is 12.1 Å². The Balaban J connectivity index is 3.20. The minimum absolute atomic E-state index is 0.277. The van der Waals surface area contributed by atoms with Crippen LogP contribution < -0.4 is 0 Å². The van der Waals surface area contributed by atoms with Crippen molar-refractivity contribution in [3.63, 3.8) is 0 Å². The molecule has 0 aromatic heterocycles. The van der Waals surface area contributed by atoms with Gasteiger partial charge in [0.15, 0.2) is 19.5 Å². The van der Waals surface area contributed by atoms with Crippen molar-refractivity contribution < 1.29 is 8.85 Å². The van der Waals surface area contributed by atoms with E-state index in [1.165, 1.54) is 75.0 Å². The second kappa shape index (κ2) is 23.0. The van der Waals surface area contributed by atoms with E-state index in [0.29, 0.717) is 12.2 Å². The lowest BCUT2D eigenvalue weighted by atomic mass is 10.2. The number of hydrogen-bond acceptors (Lipinski definition) is 6. The standard InChI is InChI=1S/C18H42O2S4Si2/c1-5-11-17(7-3)19-25-15-9-13-21-23-24-22-14-10-16-26-20-18(8-4)12-6-2/h17-18H,5-16,25-26H2,1-4H3. The van der Waals surface area contributed by atoms with Crippen molar-refractivity contribution in [1.29, 1.82) is 0 Å². The van der Waals surface area contributed by atoms with Crippen molar-refractivity contribution in [2.45, 2.75) is 103 Å². The van der Waals surface area contributed by atoms with Crippen molar-refractivity contribution in [2.24, 2.45) is 0 Å². The topological polar surface area (TPSA) is 18.5 Å². The van der Waals surface area contributed by atoms with E-state index >= 15 is 0 Å². The average Bonchev–Trinajstić information content (AvgIpc) is 2.66. The van der Waals surface area contributed by atoms with Gasteiger partial charge in [-0.05, 0) is 70.3 Å². The van der Waals surface area contributed by atoms with Crippen LogP contribution >= 0.6 is 41.2 Å². The first-order valence-corrected chi connectivity index (χ1v) is 18.9. The van der Waals surface area contributed by atoms with Crippen LogP contribution in [0.1, 0.15) is 79.1 Å². The SMILES string of the molecule is CCCC(CC)O[SiH2]CCCSSSSCCC[SiH2]OC(CC)CCC. The summed E-state index contributed by atoms with van der Waals surface area (Å²) in [6, 6.07) is 2.68. The normalized spacial score (nSPS) is 14.8. The fourth-order valence-electron chi connectivity index (χ4n) is 2.59. The highest BCUT2D eigenvalue weighted by Crippen LogP contribution is 2.43. The molecule has 0 aromatic carbocycles. The summed E-state index contributed by atoms with van der Waals surface area (Å²) in [4.78, 5) is 0. The molecular weight excluding hydrogens is 433 g/mol. The maximum atomic E-state index is 6.07. The Kier molecular flexibility index (Phi) is 24.6. The van der Waals surface area contributed by atoms with E-state index in [2.05, 4.69) is 27.7 Å². The zero-order chi connectivity index (χ0) is 19.3. The smallest absolute Gasteiger partial charge is 0.162 e. The van der Waals surface area contributed by atoms with Gasteiger partial charge in [0.05, 0.1) is 0 Å². The summed E-state index contributed by atoms with van der Waals surface area (Å²) in [6.45, 7) is 9.00. The Bertz CT molecular complexity index is 254. The van der Waals surface area contributed by atoms with Gasteiger partial charge in [-0.1, -0.05) is 62.1 Å². The largest absolute Gasteiger partial charge is 0.421 e. The molecule has 0 fully saturated rings. The molecule has 0 N–H and O–H groups in total. The molecule has 0 radical (unpaired) electrons. The van der Waals surface area contributed by atoms with E-state index in [9.17, 15) is 0 Å². The molecule has 0 spiro atoms. The zero-order valence-electron chi connectivity index (χ0n) is 17.5. The van der Waals surface area contributed by atoms with Crippen molar-refractivity contribution in [3.05, 3.63) is 0 Å². The molecule has 0 aliphatic heterocycles. The lowest BCUT2D eigenvalue weighted by Gasteiger charge is -2.15. The van der Waals surface area contributed by atoms with E-state index in [-0.39, 0.29) is 19.5 Å². The van der Waals surface area contributed by atoms with Gasteiger partial charge in [0.25, 0.3) is 0 Å². The molecule has 0 saturated heterocycles. The lowest BCUT2D eigenvalue weighted by molar-refractivity contribution is 0.194. The van der Waals surface area contributed by atoms with Crippen LogP contribution in [0.3, 0.4) is 0 Å². The molecular formula is C18H42O2S4Si2. The molecule has 158 valence electrons. The van der Waals surface area contributed by atoms with Crippen LogP contribution in [0.25, 0.3) is 0 Å². The highest BCUT2D eigenvalue weighted by molar-refractivity contribution is 9.26. The van der Waals surface area contributed by atoms with Gasteiger partial charge in [-0.25, -0.2) is 0 Å². The monoisotopic (exact) mass is 474 g/mol. The quantitative estimate of drug-likeness (QED) is 0.105. The third-order valence-corrected chi connectivity index (χ3v) is 13.8. The molecule has 8 heteroatoms. The first kappa shape index (κ1) is 27.8. The van der Waals surface area contributed by atoms with Gasteiger partial charge in [-0.3, -0.25) is 0 Å². The second-order valence-corrected chi connectivity index (χ2v) is 15.7. The lowest BCUT2D eigenvalue weighted by Crippen LogP contribution is -2.14. The van der Waals surface area contributed by atoms with E-state index in [0.717, 1.165) is 0 Å². The molecule has 0 bridgehead atoms. The molecule has 0 aliphatic carbocycles. The van der Waals surface area contributed by atoms with Gasteiger partial charge in [0, 0.05) is 23.7 Å². The van der Waals surface area contributed by atoms with Gasteiger partial charge >= 0.3 is 0 Å². The molecule has 0 aliphatic rings. The fourth-order valence-corrected chi connectivity index (χ4v) is 12.3. The van der Waals surface area contributed by atoms with Crippen LogP contribution in [-0.2, 0) is 8.85 Å². The molecule has 0 rings (SSSR count). The Labute approximate surface area is 183 Å². The van der Waals surface area contributed by atoms with Crippen molar-refractivity contribution in [3.8, 4) is 0 Å². The van der Waals surface area contributed by atoms with Crippen LogP contribution in [0.4, 0.5) is 0 Å². The van der Waals surface area contributed by atoms with E-state index in [4.69, 9.17) is 8.85 Å². The van der Waals surface area contributed by atoms with E-state index < -0.39 is 0 Å². The molecule has 0 heterocycles. The zero-order valence-corrected chi connectivity index (χ0v) is 23.6. The van der Waals surface area contributed by atoms with Crippen LogP contribution in [-0.4, -0.2) is 43.2 Å². The van der Waals surface area contributed by atoms with Crippen LogP contribution in [0, 0.1) is 0 Å². The summed E-state index contributed by atoms with van der Waals surface area (Å²) in [5.74, 6) is 2.55. The Morgan fingerprint density at radius 1 is 0.692 bits per heavy atom. The van der Waals surface area contributed by atoms with E-state index in [1.807, 2.05) is 41.2 Å². The summed E-state index contributed by atoms with van der Waals surface area (Å²) >= 11 is 0. The van der Waals surface area contributed by atoms with Crippen molar-refractivity contribution in [2.75, 3.05) is 11.5 Å². The minimum atomic E-state index is -0.277. The minimum Gasteiger partial charge on any atom is -0.421 e. The van der Waals surface area contributed by atoms with Crippen molar-refractivity contribution >= 4 is 60.8 Å². The third kappa shape index (κ3) is 19.1.